The van der Waals surface area contributed by atoms with Crippen LogP contribution in [0.5, 0.6) is 0 Å². The van der Waals surface area contributed by atoms with Crippen LogP contribution in [0.2, 0.25) is 0 Å². The lowest BCUT2D eigenvalue weighted by Gasteiger charge is -2.23. The molecule has 2 atom stereocenters. The lowest BCUT2D eigenvalue weighted by Crippen LogP contribution is -2.40. The molecule has 0 aliphatic carbocycles. The van der Waals surface area contributed by atoms with Gasteiger partial charge in [0.15, 0.2) is 0 Å². The summed E-state index contributed by atoms with van der Waals surface area (Å²) in [5.41, 5.74) is 0. The quantitative estimate of drug-likeness (QED) is 0.482. The number of hydrogen-bond donors (Lipinski definition) is 0. The van der Waals surface area contributed by atoms with Gasteiger partial charge in [-0.2, -0.15) is 0 Å². The van der Waals surface area contributed by atoms with Crippen molar-refractivity contribution in [2.24, 2.45) is 0 Å². The second kappa shape index (κ2) is 1.95. The summed E-state index contributed by atoms with van der Waals surface area (Å²) in [6, 6.07) is 0.0926. The molecule has 0 unspecified atom stereocenters. The summed E-state index contributed by atoms with van der Waals surface area (Å²) < 4.78 is 5.01. The van der Waals surface area contributed by atoms with E-state index in [0.29, 0.717) is 0 Å². The van der Waals surface area contributed by atoms with Crippen LogP contribution in [-0.2, 0) is 9.53 Å². The van der Waals surface area contributed by atoms with Crippen LogP contribution in [0.3, 0.4) is 0 Å². The van der Waals surface area contributed by atoms with Crippen molar-refractivity contribution in [2.75, 3.05) is 13.1 Å². The summed E-state index contributed by atoms with van der Waals surface area (Å²) in [4.78, 5) is 13.1. The number of rotatable bonds is 1. The van der Waals surface area contributed by atoms with E-state index in [1.54, 1.807) is 0 Å². The highest BCUT2D eigenvalue weighted by Crippen LogP contribution is 2.28. The maximum atomic E-state index is 10.9. The van der Waals surface area contributed by atoms with Gasteiger partial charge in [0.25, 0.3) is 0 Å². The van der Waals surface area contributed by atoms with Crippen LogP contribution < -0.4 is 0 Å². The van der Waals surface area contributed by atoms with Crippen LogP contribution in [-0.4, -0.2) is 36.1 Å². The number of esters is 1. The summed E-state index contributed by atoms with van der Waals surface area (Å²) in [7, 11) is 0. The molecule has 0 N–H and O–H groups in total. The Kier molecular flexibility index (Phi) is 1.20. The van der Waals surface area contributed by atoms with Gasteiger partial charge < -0.3 is 4.74 Å². The van der Waals surface area contributed by atoms with Crippen LogP contribution in [0.1, 0.15) is 13.3 Å². The molecule has 2 aliphatic heterocycles. The van der Waals surface area contributed by atoms with Crippen molar-refractivity contribution in [3.8, 4) is 0 Å². The molecule has 0 saturated carbocycles. The Hall–Kier alpha value is -0.570. The summed E-state index contributed by atoms with van der Waals surface area (Å²) in [6.45, 7) is 4.00. The summed E-state index contributed by atoms with van der Waals surface area (Å²) in [6.07, 6.45) is 1.13. The van der Waals surface area contributed by atoms with E-state index in [9.17, 15) is 4.79 Å². The lowest BCUT2D eigenvalue weighted by atomic mass is 10.2. The molecule has 10 heavy (non-hydrogen) atoms. The molecule has 3 heteroatoms. The molecule has 0 radical (unpaired) electrons. The third kappa shape index (κ3) is 0.669. The molecule has 2 rings (SSSR count). The predicted molar refractivity (Wildman–Crippen MR) is 35.5 cm³/mol. The molecule has 2 bridgehead atoms. The molecule has 2 saturated heterocycles. The molecule has 0 aromatic rings. The summed E-state index contributed by atoms with van der Waals surface area (Å²) >= 11 is 0. The highest BCUT2D eigenvalue weighted by atomic mass is 16.6. The lowest BCUT2D eigenvalue weighted by molar-refractivity contribution is -0.150. The number of carbonyl (C=O) groups excluding carboxylic acids is 1. The average Bonchev–Trinajstić information content (AvgIpc) is 2.44. The minimum Gasteiger partial charge on any atom is -0.460 e. The van der Waals surface area contributed by atoms with Crippen molar-refractivity contribution >= 4 is 5.97 Å². The molecule has 0 aromatic carbocycles. The number of likely N-dealkylation sites (tertiary alicyclic amines) is 1. The SMILES string of the molecule is CCN1C[C@@H]2C[C@H]1C(=O)O2. The Morgan fingerprint density at radius 1 is 1.80 bits per heavy atom. The van der Waals surface area contributed by atoms with Gasteiger partial charge in [0.1, 0.15) is 12.1 Å². The molecule has 3 nitrogen and oxygen atoms in total. The van der Waals surface area contributed by atoms with Gasteiger partial charge in [0.2, 0.25) is 0 Å². The van der Waals surface area contributed by atoms with Gasteiger partial charge in [-0.1, -0.05) is 6.92 Å². The Morgan fingerprint density at radius 3 is 3.00 bits per heavy atom. The molecular formula is C7H11NO2. The van der Waals surface area contributed by atoms with Gasteiger partial charge in [-0.3, -0.25) is 9.69 Å². The topological polar surface area (TPSA) is 29.5 Å². The Labute approximate surface area is 60.0 Å². The molecule has 0 amide bonds. The molecular weight excluding hydrogens is 130 g/mol. The normalized spacial score (nSPS) is 38.7. The maximum Gasteiger partial charge on any atom is 0.323 e. The van der Waals surface area contributed by atoms with E-state index in [-0.39, 0.29) is 18.1 Å². The predicted octanol–water partition coefficient (Wildman–Crippen LogP) is 0.00600. The maximum absolute atomic E-state index is 10.9. The summed E-state index contributed by atoms with van der Waals surface area (Å²) in [5, 5.41) is 0. The Morgan fingerprint density at radius 2 is 2.60 bits per heavy atom. The molecule has 2 fully saturated rings. The number of carbonyl (C=O) groups is 1. The van der Waals surface area contributed by atoms with Gasteiger partial charge in [-0.05, 0) is 6.54 Å². The number of likely N-dealkylation sites (N-methyl/N-ethyl adjacent to an activating group) is 1. The fourth-order valence-corrected chi connectivity index (χ4v) is 1.78. The van der Waals surface area contributed by atoms with Crippen molar-refractivity contribution in [2.45, 2.75) is 25.5 Å². The van der Waals surface area contributed by atoms with Crippen LogP contribution >= 0.6 is 0 Å². The van der Waals surface area contributed by atoms with E-state index in [2.05, 4.69) is 11.8 Å². The zero-order valence-corrected chi connectivity index (χ0v) is 6.04. The fraction of sp³-hybridized carbons (Fsp3) is 0.857. The van der Waals surface area contributed by atoms with Gasteiger partial charge in [0, 0.05) is 13.0 Å². The minimum atomic E-state index is -0.0156. The van der Waals surface area contributed by atoms with Gasteiger partial charge in [-0.25, -0.2) is 0 Å². The first-order valence-corrected chi connectivity index (χ1v) is 3.76. The number of ether oxygens (including phenoxy) is 1. The number of morpholine rings is 1. The molecule has 0 aromatic heterocycles. The van der Waals surface area contributed by atoms with Gasteiger partial charge >= 0.3 is 5.97 Å². The second-order valence-corrected chi connectivity index (χ2v) is 2.90. The molecule has 56 valence electrons. The van der Waals surface area contributed by atoms with Crippen molar-refractivity contribution in [3.05, 3.63) is 0 Å². The third-order valence-corrected chi connectivity index (χ3v) is 2.33. The zero-order valence-electron chi connectivity index (χ0n) is 6.04. The molecule has 0 spiro atoms. The minimum absolute atomic E-state index is 0.0156. The number of fused-ring (bicyclic) bond motifs is 2. The first kappa shape index (κ1) is 6.16. The second-order valence-electron chi connectivity index (χ2n) is 2.90. The van der Waals surface area contributed by atoms with E-state index in [0.717, 1.165) is 19.5 Å². The third-order valence-electron chi connectivity index (χ3n) is 2.33. The highest BCUT2D eigenvalue weighted by Gasteiger charge is 2.45. The van der Waals surface area contributed by atoms with Crippen LogP contribution in [0.4, 0.5) is 0 Å². The number of hydrogen-bond acceptors (Lipinski definition) is 3. The molecule has 2 aliphatic rings. The highest BCUT2D eigenvalue weighted by molar-refractivity contribution is 5.79. The van der Waals surface area contributed by atoms with E-state index in [1.165, 1.54) is 0 Å². The number of nitrogens with zero attached hydrogens (tertiary/aromatic N) is 1. The Bertz CT molecular complexity index is 169. The van der Waals surface area contributed by atoms with Crippen LogP contribution in [0.25, 0.3) is 0 Å². The van der Waals surface area contributed by atoms with Crippen molar-refractivity contribution in [3.63, 3.8) is 0 Å². The Balaban J connectivity index is 2.12. The zero-order chi connectivity index (χ0) is 7.14. The van der Waals surface area contributed by atoms with E-state index in [1.807, 2.05) is 0 Å². The smallest absolute Gasteiger partial charge is 0.323 e. The van der Waals surface area contributed by atoms with Crippen molar-refractivity contribution in [1.82, 2.24) is 4.90 Å². The first-order valence-electron chi connectivity index (χ1n) is 3.76. The average molecular weight is 141 g/mol. The first-order chi connectivity index (χ1) is 4.81. The van der Waals surface area contributed by atoms with Crippen LogP contribution in [0.15, 0.2) is 0 Å². The van der Waals surface area contributed by atoms with E-state index in [4.69, 9.17) is 4.74 Å². The van der Waals surface area contributed by atoms with E-state index >= 15 is 0 Å². The van der Waals surface area contributed by atoms with Crippen molar-refractivity contribution < 1.29 is 9.53 Å². The van der Waals surface area contributed by atoms with Gasteiger partial charge in [0.05, 0.1) is 0 Å². The van der Waals surface area contributed by atoms with Crippen molar-refractivity contribution in [1.29, 1.82) is 0 Å². The molecule has 2 heterocycles. The van der Waals surface area contributed by atoms with E-state index < -0.39 is 0 Å². The summed E-state index contributed by atoms with van der Waals surface area (Å²) in [5.74, 6) is -0.0156. The van der Waals surface area contributed by atoms with Crippen LogP contribution in [0, 0.1) is 0 Å². The monoisotopic (exact) mass is 141 g/mol. The van der Waals surface area contributed by atoms with Gasteiger partial charge in [-0.15, -0.1) is 0 Å². The largest absolute Gasteiger partial charge is 0.460 e. The standard InChI is InChI=1S/C7H11NO2/c1-2-8-4-5-3-6(8)7(9)10-5/h5-6H,2-4H2,1H3/t5-,6-/m0/s1. The fourth-order valence-electron chi connectivity index (χ4n) is 1.78.